The van der Waals surface area contributed by atoms with E-state index < -0.39 is 0 Å². The lowest BCUT2D eigenvalue weighted by molar-refractivity contribution is 0.302. The van der Waals surface area contributed by atoms with Crippen molar-refractivity contribution in [1.82, 2.24) is 0 Å². The first-order valence-corrected chi connectivity index (χ1v) is 4.68. The Morgan fingerprint density at radius 3 is 2.67 bits per heavy atom. The summed E-state index contributed by atoms with van der Waals surface area (Å²) >= 11 is 0. The van der Waals surface area contributed by atoms with E-state index in [4.69, 9.17) is 5.11 Å². The lowest BCUT2D eigenvalue weighted by atomic mass is 10.1. The van der Waals surface area contributed by atoms with Gasteiger partial charge in [0.25, 0.3) is 0 Å². The maximum atomic E-state index is 8.57. The largest absolute Gasteiger partial charge is 0.396 e. The summed E-state index contributed by atoms with van der Waals surface area (Å²) in [5, 5.41) is 8.57. The van der Waals surface area contributed by atoms with E-state index >= 15 is 0 Å². The maximum absolute atomic E-state index is 8.57. The normalized spacial score (nSPS) is 11.7. The molecule has 0 rings (SSSR count). The van der Waals surface area contributed by atoms with Crippen molar-refractivity contribution in [3.63, 3.8) is 0 Å². The van der Waals surface area contributed by atoms with Crippen LogP contribution in [0.15, 0.2) is 24.3 Å². The van der Waals surface area contributed by atoms with Gasteiger partial charge in [-0.2, -0.15) is 0 Å². The summed E-state index contributed by atoms with van der Waals surface area (Å²) in [6.45, 7) is 6.08. The van der Waals surface area contributed by atoms with Crippen molar-refractivity contribution in [1.29, 1.82) is 0 Å². The summed E-state index contributed by atoms with van der Waals surface area (Å²) in [4.78, 5) is 0. The second kappa shape index (κ2) is 8.54. The van der Waals surface area contributed by atoms with Crippen molar-refractivity contribution in [2.75, 3.05) is 6.61 Å². The Morgan fingerprint density at radius 1 is 1.33 bits per heavy atom. The van der Waals surface area contributed by atoms with Gasteiger partial charge in [-0.25, -0.2) is 0 Å². The fraction of sp³-hybridized carbons (Fsp3) is 0.636. The van der Waals surface area contributed by atoms with Crippen molar-refractivity contribution in [2.45, 2.75) is 39.0 Å². The molecule has 0 radical (unpaired) electrons. The summed E-state index contributed by atoms with van der Waals surface area (Å²) in [7, 11) is 0. The molecule has 0 spiro atoms. The van der Waals surface area contributed by atoms with Crippen LogP contribution >= 0.6 is 0 Å². The Hall–Kier alpha value is -0.560. The van der Waals surface area contributed by atoms with Gasteiger partial charge in [-0.05, 0) is 39.0 Å². The number of aliphatic hydroxyl groups is 1. The van der Waals surface area contributed by atoms with Crippen LogP contribution in [0, 0.1) is 0 Å². The van der Waals surface area contributed by atoms with Crippen LogP contribution in [0.3, 0.4) is 0 Å². The molecule has 1 nitrogen and oxygen atoms in total. The highest BCUT2D eigenvalue weighted by molar-refractivity contribution is 4.97. The highest BCUT2D eigenvalue weighted by atomic mass is 16.2. The van der Waals surface area contributed by atoms with Gasteiger partial charge in [0, 0.05) is 6.61 Å². The van der Waals surface area contributed by atoms with Crippen LogP contribution in [-0.2, 0) is 0 Å². The van der Waals surface area contributed by atoms with E-state index in [2.05, 4.69) is 19.6 Å². The zero-order valence-corrected chi connectivity index (χ0v) is 8.05. The molecule has 1 N–H and O–H groups in total. The van der Waals surface area contributed by atoms with E-state index in [1.165, 1.54) is 18.4 Å². The van der Waals surface area contributed by atoms with Gasteiger partial charge in [0.2, 0.25) is 0 Å². The van der Waals surface area contributed by atoms with Crippen LogP contribution in [0.2, 0.25) is 0 Å². The van der Waals surface area contributed by atoms with Gasteiger partial charge < -0.3 is 5.11 Å². The molecule has 0 saturated carbocycles. The molecule has 1 heteroatoms. The second-order valence-corrected chi connectivity index (χ2v) is 3.10. The van der Waals surface area contributed by atoms with E-state index in [1.807, 2.05) is 6.08 Å². The standard InChI is InChI=1S/C11H20O/c1-3-4-5-6-8-11(2)9-7-10-12/h3,9,12H,1,4-8,10H2,2H3. The lowest BCUT2D eigenvalue weighted by Gasteiger charge is -1.99. The van der Waals surface area contributed by atoms with Crippen LogP contribution in [-0.4, -0.2) is 11.7 Å². The molecule has 0 amide bonds. The van der Waals surface area contributed by atoms with Crippen LogP contribution in [0.4, 0.5) is 0 Å². The Bertz CT molecular complexity index is 136. The molecule has 0 atom stereocenters. The van der Waals surface area contributed by atoms with Crippen LogP contribution in [0.25, 0.3) is 0 Å². The molecule has 0 unspecified atom stereocenters. The quantitative estimate of drug-likeness (QED) is 0.457. The molecule has 0 saturated heterocycles. The average molecular weight is 168 g/mol. The number of unbranched alkanes of at least 4 members (excludes halogenated alkanes) is 2. The molecule has 0 aromatic heterocycles. The van der Waals surface area contributed by atoms with Gasteiger partial charge in [0.15, 0.2) is 0 Å². The molecule has 70 valence electrons. The molecule has 0 heterocycles. The summed E-state index contributed by atoms with van der Waals surface area (Å²) < 4.78 is 0. The van der Waals surface area contributed by atoms with Gasteiger partial charge >= 0.3 is 0 Å². The molecular formula is C11H20O. The average Bonchev–Trinajstić information content (AvgIpc) is 2.09. The van der Waals surface area contributed by atoms with Gasteiger partial charge in [-0.15, -0.1) is 6.58 Å². The highest BCUT2D eigenvalue weighted by Crippen LogP contribution is 2.08. The van der Waals surface area contributed by atoms with Crippen molar-refractivity contribution >= 4 is 0 Å². The zero-order valence-electron chi connectivity index (χ0n) is 8.05. The predicted octanol–water partition coefficient (Wildman–Crippen LogP) is 3.06. The van der Waals surface area contributed by atoms with Gasteiger partial charge in [-0.1, -0.05) is 17.7 Å². The topological polar surface area (TPSA) is 20.2 Å². The third-order valence-corrected chi connectivity index (χ3v) is 1.85. The van der Waals surface area contributed by atoms with Crippen molar-refractivity contribution < 1.29 is 5.11 Å². The number of rotatable bonds is 7. The fourth-order valence-corrected chi connectivity index (χ4v) is 1.11. The predicted molar refractivity (Wildman–Crippen MR) is 54.1 cm³/mol. The summed E-state index contributed by atoms with van der Waals surface area (Å²) in [5.74, 6) is 0. The Kier molecular flexibility index (Phi) is 8.14. The highest BCUT2D eigenvalue weighted by Gasteiger charge is 1.89. The van der Waals surface area contributed by atoms with E-state index in [-0.39, 0.29) is 6.61 Å². The van der Waals surface area contributed by atoms with E-state index in [9.17, 15) is 0 Å². The van der Waals surface area contributed by atoms with Gasteiger partial charge in [0.05, 0.1) is 0 Å². The fourth-order valence-electron chi connectivity index (χ4n) is 1.11. The molecule has 0 aliphatic rings. The van der Waals surface area contributed by atoms with Crippen LogP contribution in [0.5, 0.6) is 0 Å². The van der Waals surface area contributed by atoms with Gasteiger partial charge in [0.1, 0.15) is 0 Å². The minimum absolute atomic E-state index is 0.268. The van der Waals surface area contributed by atoms with Crippen molar-refractivity contribution in [3.8, 4) is 0 Å². The second-order valence-electron chi connectivity index (χ2n) is 3.10. The number of hydrogen-bond acceptors (Lipinski definition) is 1. The first-order chi connectivity index (χ1) is 5.81. The number of aliphatic hydroxyl groups excluding tert-OH is 1. The van der Waals surface area contributed by atoms with E-state index in [1.54, 1.807) is 0 Å². The minimum atomic E-state index is 0.268. The van der Waals surface area contributed by atoms with Crippen LogP contribution in [0.1, 0.15) is 39.0 Å². The van der Waals surface area contributed by atoms with Crippen molar-refractivity contribution in [3.05, 3.63) is 24.3 Å². The summed E-state index contributed by atoms with van der Waals surface area (Å²) in [6, 6.07) is 0. The molecule has 12 heavy (non-hydrogen) atoms. The molecule has 0 fully saturated rings. The molecular weight excluding hydrogens is 148 g/mol. The third kappa shape index (κ3) is 7.55. The lowest BCUT2D eigenvalue weighted by Crippen LogP contribution is -1.82. The van der Waals surface area contributed by atoms with Crippen LogP contribution < -0.4 is 0 Å². The summed E-state index contributed by atoms with van der Waals surface area (Å²) in [5.41, 5.74) is 1.40. The van der Waals surface area contributed by atoms with Crippen molar-refractivity contribution in [2.24, 2.45) is 0 Å². The molecule has 0 bridgehead atoms. The maximum Gasteiger partial charge on any atom is 0.0465 e. The Labute approximate surface area is 75.8 Å². The first-order valence-electron chi connectivity index (χ1n) is 4.68. The SMILES string of the molecule is C=CCCCCC(C)=CCCO. The molecule has 0 aromatic rings. The minimum Gasteiger partial charge on any atom is -0.396 e. The van der Waals surface area contributed by atoms with E-state index in [0.29, 0.717) is 0 Å². The Morgan fingerprint density at radius 2 is 2.08 bits per heavy atom. The van der Waals surface area contributed by atoms with Gasteiger partial charge in [-0.3, -0.25) is 0 Å². The number of allylic oxidation sites excluding steroid dienone is 2. The third-order valence-electron chi connectivity index (χ3n) is 1.85. The molecule has 0 aromatic carbocycles. The Balaban J connectivity index is 3.29. The monoisotopic (exact) mass is 168 g/mol. The zero-order chi connectivity index (χ0) is 9.23. The molecule has 0 aliphatic heterocycles. The van der Waals surface area contributed by atoms with E-state index in [0.717, 1.165) is 19.3 Å². The smallest absolute Gasteiger partial charge is 0.0465 e. The molecule has 0 aliphatic carbocycles. The number of hydrogen-bond donors (Lipinski definition) is 1. The first kappa shape index (κ1) is 11.4. The summed E-state index contributed by atoms with van der Waals surface area (Å²) in [6.07, 6.45) is 9.63.